The fourth-order valence-corrected chi connectivity index (χ4v) is 3.96. The molecule has 2 N–H and O–H groups in total. The topological polar surface area (TPSA) is 123 Å². The zero-order valence-electron chi connectivity index (χ0n) is 11.4. The molecule has 0 saturated heterocycles. The van der Waals surface area contributed by atoms with Crippen molar-refractivity contribution in [2.45, 2.75) is 22.6 Å². The zero-order chi connectivity index (χ0) is 16.3. The summed E-state index contributed by atoms with van der Waals surface area (Å²) in [5.74, 6) is -0.451. The molecule has 0 aliphatic rings. The van der Waals surface area contributed by atoms with Crippen molar-refractivity contribution in [1.82, 2.24) is 4.98 Å². The third-order valence-electron chi connectivity index (χ3n) is 2.69. The predicted octanol–water partition coefficient (Wildman–Crippen LogP) is 2.41. The first-order valence-electron chi connectivity index (χ1n) is 6.01. The summed E-state index contributed by atoms with van der Waals surface area (Å²) >= 11 is 2.40. The van der Waals surface area contributed by atoms with Crippen molar-refractivity contribution in [2.75, 3.05) is 0 Å². The second kappa shape index (κ2) is 6.55. The third-order valence-corrected chi connectivity index (χ3v) is 4.97. The highest BCUT2D eigenvalue weighted by atomic mass is 32.2. The number of aromatic nitrogens is 1. The molecule has 0 atom stereocenters. The second-order valence-corrected chi connectivity index (χ2v) is 6.66. The maximum atomic E-state index is 11.1. The van der Waals surface area contributed by atoms with Crippen molar-refractivity contribution >= 4 is 34.7 Å². The Morgan fingerprint density at radius 3 is 2.91 bits per heavy atom. The Hall–Kier alpha value is -2.44. The molecular formula is C13H10N4O3S2. The highest BCUT2D eigenvalue weighted by Crippen LogP contribution is 2.38. The summed E-state index contributed by atoms with van der Waals surface area (Å²) in [4.78, 5) is 27.0. The van der Waals surface area contributed by atoms with Gasteiger partial charge in [0.25, 0.3) is 5.69 Å². The number of nitro benzene ring substituents is 1. The van der Waals surface area contributed by atoms with Crippen LogP contribution >= 0.6 is 23.1 Å². The van der Waals surface area contributed by atoms with Crippen molar-refractivity contribution in [3.63, 3.8) is 0 Å². The van der Waals surface area contributed by atoms with E-state index in [1.807, 2.05) is 6.07 Å². The number of primary amides is 1. The minimum absolute atomic E-state index is 0.0967. The lowest BCUT2D eigenvalue weighted by atomic mass is 10.2. The molecule has 1 aromatic carbocycles. The average Bonchev–Trinajstić information content (AvgIpc) is 2.78. The van der Waals surface area contributed by atoms with Crippen LogP contribution in [0.1, 0.15) is 16.1 Å². The number of hydrogen-bond acceptors (Lipinski definition) is 7. The Bertz CT molecular complexity index is 795. The first-order valence-corrected chi connectivity index (χ1v) is 7.65. The number of benzene rings is 1. The van der Waals surface area contributed by atoms with E-state index >= 15 is 0 Å². The molecule has 0 spiro atoms. The lowest BCUT2D eigenvalue weighted by molar-refractivity contribution is -0.387. The van der Waals surface area contributed by atoms with Crippen molar-refractivity contribution in [3.8, 4) is 6.07 Å². The number of nitrogens with zero attached hydrogens (tertiary/aromatic N) is 3. The van der Waals surface area contributed by atoms with E-state index in [0.717, 1.165) is 16.6 Å². The average molecular weight is 334 g/mol. The van der Waals surface area contributed by atoms with E-state index in [1.165, 1.54) is 29.5 Å². The van der Waals surface area contributed by atoms with Crippen LogP contribution in [0.5, 0.6) is 0 Å². The van der Waals surface area contributed by atoms with Crippen molar-refractivity contribution < 1.29 is 9.72 Å². The van der Waals surface area contributed by atoms with Gasteiger partial charge in [-0.25, -0.2) is 4.98 Å². The second-order valence-electron chi connectivity index (χ2n) is 4.28. The molecule has 7 nitrogen and oxygen atoms in total. The van der Waals surface area contributed by atoms with Gasteiger partial charge in [-0.2, -0.15) is 5.26 Å². The quantitative estimate of drug-likeness (QED) is 0.661. The maximum Gasteiger partial charge on any atom is 0.284 e. The Kier molecular flexibility index (Phi) is 4.75. The summed E-state index contributed by atoms with van der Waals surface area (Å²) in [7, 11) is 0. The SMILES string of the molecule is Cc1nc(Sc2ccc(C#N)cc2[N+](=O)[O-])sc1CC(N)=O. The monoisotopic (exact) mass is 334 g/mol. The number of aryl methyl sites for hydroxylation is 1. The van der Waals surface area contributed by atoms with Crippen molar-refractivity contribution in [1.29, 1.82) is 5.26 Å². The molecule has 0 bridgehead atoms. The van der Waals surface area contributed by atoms with Crippen LogP contribution in [-0.2, 0) is 11.2 Å². The molecule has 112 valence electrons. The van der Waals surface area contributed by atoms with E-state index in [9.17, 15) is 14.9 Å². The van der Waals surface area contributed by atoms with E-state index < -0.39 is 10.8 Å². The predicted molar refractivity (Wildman–Crippen MR) is 81.7 cm³/mol. The lowest BCUT2D eigenvalue weighted by Crippen LogP contribution is -2.13. The number of thiazole rings is 1. The Balaban J connectivity index is 2.33. The number of amides is 1. The molecule has 0 unspecified atom stereocenters. The fourth-order valence-electron chi connectivity index (χ4n) is 1.68. The molecule has 0 saturated carbocycles. The molecule has 0 aliphatic heterocycles. The normalized spacial score (nSPS) is 10.2. The number of rotatable bonds is 5. The molecular weight excluding hydrogens is 324 g/mol. The highest BCUT2D eigenvalue weighted by Gasteiger charge is 2.18. The summed E-state index contributed by atoms with van der Waals surface area (Å²) < 4.78 is 0.585. The molecule has 0 aliphatic carbocycles. The zero-order valence-corrected chi connectivity index (χ0v) is 13.0. The number of nitriles is 1. The van der Waals surface area contributed by atoms with Gasteiger partial charge in [0, 0.05) is 10.9 Å². The van der Waals surface area contributed by atoms with E-state index in [-0.39, 0.29) is 17.7 Å². The van der Waals surface area contributed by atoms with Crippen LogP contribution in [0.2, 0.25) is 0 Å². The molecule has 0 fully saturated rings. The standard InChI is InChI=1S/C13H10N4O3S2/c1-7-11(5-12(15)18)22-13(16-7)21-10-3-2-8(6-14)4-9(10)17(19)20/h2-4H,5H2,1H3,(H2,15,18). The van der Waals surface area contributed by atoms with Crippen molar-refractivity contribution in [2.24, 2.45) is 5.73 Å². The van der Waals surface area contributed by atoms with Crippen LogP contribution in [-0.4, -0.2) is 15.8 Å². The lowest BCUT2D eigenvalue weighted by Gasteiger charge is -2.00. The highest BCUT2D eigenvalue weighted by molar-refractivity contribution is 8.01. The van der Waals surface area contributed by atoms with Gasteiger partial charge >= 0.3 is 0 Å². The van der Waals surface area contributed by atoms with Gasteiger partial charge in [-0.1, -0.05) is 11.8 Å². The van der Waals surface area contributed by atoms with Gasteiger partial charge in [-0.15, -0.1) is 11.3 Å². The number of nitrogens with two attached hydrogens (primary N) is 1. The largest absolute Gasteiger partial charge is 0.369 e. The first-order chi connectivity index (χ1) is 10.4. The van der Waals surface area contributed by atoms with E-state index in [0.29, 0.717) is 14.9 Å². The van der Waals surface area contributed by atoms with Gasteiger partial charge in [-0.05, 0) is 19.1 Å². The molecule has 2 rings (SSSR count). The van der Waals surface area contributed by atoms with E-state index in [2.05, 4.69) is 4.98 Å². The van der Waals surface area contributed by atoms with Gasteiger partial charge in [0.15, 0.2) is 4.34 Å². The van der Waals surface area contributed by atoms with Crippen LogP contribution in [0.15, 0.2) is 27.4 Å². The summed E-state index contributed by atoms with van der Waals surface area (Å²) in [6.07, 6.45) is 0.0967. The third kappa shape index (κ3) is 3.60. The van der Waals surface area contributed by atoms with Gasteiger partial charge < -0.3 is 5.73 Å². The van der Waals surface area contributed by atoms with Crippen LogP contribution < -0.4 is 5.73 Å². The number of carbonyl (C=O) groups excluding carboxylic acids is 1. The van der Waals surface area contributed by atoms with Gasteiger partial charge in [0.2, 0.25) is 5.91 Å². The van der Waals surface area contributed by atoms with Gasteiger partial charge in [0.05, 0.1) is 33.6 Å². The van der Waals surface area contributed by atoms with Gasteiger partial charge in [0.1, 0.15) is 0 Å². The van der Waals surface area contributed by atoms with Crippen LogP contribution in [0.25, 0.3) is 0 Å². The van der Waals surface area contributed by atoms with Crippen LogP contribution in [0.3, 0.4) is 0 Å². The summed E-state index contributed by atoms with van der Waals surface area (Å²) in [6, 6.07) is 6.13. The number of carbonyl (C=O) groups is 1. The fraction of sp³-hybridized carbons (Fsp3) is 0.154. The molecule has 1 amide bonds. The molecule has 2 aromatic rings. The molecule has 0 radical (unpaired) electrons. The first kappa shape index (κ1) is 15.9. The minimum Gasteiger partial charge on any atom is -0.369 e. The Labute approximate surface area is 133 Å². The van der Waals surface area contributed by atoms with Crippen LogP contribution in [0, 0.1) is 28.4 Å². The molecule has 22 heavy (non-hydrogen) atoms. The number of nitro groups is 1. The maximum absolute atomic E-state index is 11.1. The molecule has 1 heterocycles. The number of hydrogen-bond donors (Lipinski definition) is 1. The van der Waals surface area contributed by atoms with Gasteiger partial charge in [-0.3, -0.25) is 14.9 Å². The van der Waals surface area contributed by atoms with E-state index in [4.69, 9.17) is 11.0 Å². The van der Waals surface area contributed by atoms with Crippen molar-refractivity contribution in [3.05, 3.63) is 44.4 Å². The smallest absolute Gasteiger partial charge is 0.284 e. The Morgan fingerprint density at radius 1 is 1.59 bits per heavy atom. The summed E-state index contributed by atoms with van der Waals surface area (Å²) in [5.41, 5.74) is 5.93. The minimum atomic E-state index is -0.534. The Morgan fingerprint density at radius 2 is 2.32 bits per heavy atom. The molecule has 1 aromatic heterocycles. The molecule has 9 heteroatoms. The summed E-state index contributed by atoms with van der Waals surface area (Å²) in [5, 5.41) is 19.9. The van der Waals surface area contributed by atoms with E-state index in [1.54, 1.807) is 6.92 Å². The van der Waals surface area contributed by atoms with Crippen LogP contribution in [0.4, 0.5) is 5.69 Å². The summed E-state index contributed by atoms with van der Waals surface area (Å²) in [6.45, 7) is 1.76.